The van der Waals surface area contributed by atoms with E-state index in [1.807, 2.05) is 6.92 Å². The third-order valence-corrected chi connectivity index (χ3v) is 5.22. The van der Waals surface area contributed by atoms with Gasteiger partial charge < -0.3 is 10.6 Å². The summed E-state index contributed by atoms with van der Waals surface area (Å²) in [6, 6.07) is 15.1. The lowest BCUT2D eigenvalue weighted by Gasteiger charge is -2.13. The fourth-order valence-corrected chi connectivity index (χ4v) is 3.58. The van der Waals surface area contributed by atoms with Gasteiger partial charge in [0, 0.05) is 16.8 Å². The van der Waals surface area contributed by atoms with Gasteiger partial charge in [-0.2, -0.15) is 13.2 Å². The van der Waals surface area contributed by atoms with Gasteiger partial charge in [0.05, 0.1) is 21.7 Å². The van der Waals surface area contributed by atoms with Crippen molar-refractivity contribution < 1.29 is 22.4 Å². The van der Waals surface area contributed by atoms with Crippen LogP contribution in [0.15, 0.2) is 66.7 Å². The predicted octanol–water partition coefficient (Wildman–Crippen LogP) is 7.35. The molecule has 1 aromatic heterocycles. The number of pyridine rings is 1. The third kappa shape index (κ3) is 5.06. The van der Waals surface area contributed by atoms with E-state index in [0.29, 0.717) is 17.0 Å². The number of rotatable bonds is 4. The van der Waals surface area contributed by atoms with E-state index in [9.17, 15) is 22.4 Å². The summed E-state index contributed by atoms with van der Waals surface area (Å²) in [5.41, 5.74) is 1.50. The van der Waals surface area contributed by atoms with Gasteiger partial charge in [-0.25, -0.2) is 9.37 Å². The van der Waals surface area contributed by atoms with Gasteiger partial charge in [-0.1, -0.05) is 17.7 Å². The molecule has 0 saturated heterocycles. The number of benzene rings is 3. The quantitative estimate of drug-likeness (QED) is 0.305. The lowest BCUT2D eigenvalue weighted by atomic mass is 10.1. The number of anilines is 3. The molecule has 0 spiro atoms. The number of aromatic nitrogens is 1. The summed E-state index contributed by atoms with van der Waals surface area (Å²) >= 11 is 5.95. The average Bonchev–Trinajstić information content (AvgIpc) is 2.74. The van der Waals surface area contributed by atoms with E-state index in [4.69, 9.17) is 11.6 Å². The fraction of sp³-hybridized carbons (Fsp3) is 0.0833. The van der Waals surface area contributed by atoms with E-state index in [2.05, 4.69) is 15.6 Å². The first-order chi connectivity index (χ1) is 15.6. The van der Waals surface area contributed by atoms with Crippen LogP contribution in [0.4, 0.5) is 34.8 Å². The van der Waals surface area contributed by atoms with Gasteiger partial charge in [-0.15, -0.1) is 0 Å². The summed E-state index contributed by atoms with van der Waals surface area (Å²) in [5, 5.41) is 6.36. The molecule has 0 fully saturated rings. The van der Waals surface area contributed by atoms with Crippen molar-refractivity contribution in [1.29, 1.82) is 0 Å². The number of hydrogen-bond acceptors (Lipinski definition) is 3. The van der Waals surface area contributed by atoms with Crippen LogP contribution < -0.4 is 10.6 Å². The lowest BCUT2D eigenvalue weighted by Crippen LogP contribution is -2.12. The summed E-state index contributed by atoms with van der Waals surface area (Å²) in [6.07, 6.45) is -4.44. The number of halogens is 5. The summed E-state index contributed by atoms with van der Waals surface area (Å²) < 4.78 is 52.1. The molecule has 4 aromatic rings. The Bertz CT molecular complexity index is 1370. The molecule has 0 aliphatic rings. The Labute approximate surface area is 191 Å². The zero-order valence-electron chi connectivity index (χ0n) is 17.1. The number of nitrogens with zero attached hydrogens (tertiary/aromatic N) is 1. The van der Waals surface area contributed by atoms with Crippen LogP contribution in [0.3, 0.4) is 0 Å². The molecular formula is C24H16ClF4N3O. The first-order valence-electron chi connectivity index (χ1n) is 9.72. The average molecular weight is 474 g/mol. The Hall–Kier alpha value is -3.65. The number of hydrogen-bond donors (Lipinski definition) is 2. The van der Waals surface area contributed by atoms with Crippen molar-refractivity contribution in [3.8, 4) is 0 Å². The van der Waals surface area contributed by atoms with Crippen molar-refractivity contribution in [3.63, 3.8) is 0 Å². The van der Waals surface area contributed by atoms with Crippen molar-refractivity contribution >= 4 is 45.6 Å². The zero-order valence-corrected chi connectivity index (χ0v) is 17.9. The fourth-order valence-electron chi connectivity index (χ4n) is 3.33. The minimum Gasteiger partial charge on any atom is -0.340 e. The molecule has 0 atom stereocenters. The van der Waals surface area contributed by atoms with Crippen LogP contribution in [-0.4, -0.2) is 10.9 Å². The predicted molar refractivity (Wildman–Crippen MR) is 121 cm³/mol. The molecule has 2 N–H and O–H groups in total. The summed E-state index contributed by atoms with van der Waals surface area (Å²) in [5.74, 6) is -0.652. The van der Waals surface area contributed by atoms with E-state index < -0.39 is 23.5 Å². The van der Waals surface area contributed by atoms with Gasteiger partial charge in [0.25, 0.3) is 5.91 Å². The van der Waals surface area contributed by atoms with Gasteiger partial charge >= 0.3 is 6.18 Å². The SMILES string of the molecule is Cc1cc(Nc2cccc(C(F)(F)F)c2)nc2ccc(NC(=O)c3ccc(F)cc3Cl)cc12. The lowest BCUT2D eigenvalue weighted by molar-refractivity contribution is -0.137. The van der Waals surface area contributed by atoms with Crippen LogP contribution >= 0.6 is 11.6 Å². The maximum Gasteiger partial charge on any atom is 0.416 e. The van der Waals surface area contributed by atoms with Crippen LogP contribution in [0.5, 0.6) is 0 Å². The van der Waals surface area contributed by atoms with Crippen LogP contribution in [0.2, 0.25) is 5.02 Å². The number of fused-ring (bicyclic) bond motifs is 1. The van der Waals surface area contributed by atoms with Gasteiger partial charge in [0.15, 0.2) is 0 Å². The second kappa shape index (κ2) is 8.71. The number of amides is 1. The Morgan fingerprint density at radius 2 is 1.76 bits per heavy atom. The molecule has 1 heterocycles. The molecule has 0 unspecified atom stereocenters. The van der Waals surface area contributed by atoms with Crippen molar-refractivity contribution in [2.75, 3.05) is 10.6 Å². The summed E-state index contributed by atoms with van der Waals surface area (Å²) in [7, 11) is 0. The Kier molecular flexibility index (Phi) is 5.95. The molecule has 3 aromatic carbocycles. The number of nitrogens with one attached hydrogen (secondary N) is 2. The summed E-state index contributed by atoms with van der Waals surface area (Å²) in [4.78, 5) is 17.0. The molecule has 4 rings (SSSR count). The molecule has 0 radical (unpaired) electrons. The number of aryl methyl sites for hydroxylation is 1. The third-order valence-electron chi connectivity index (χ3n) is 4.91. The Balaban J connectivity index is 1.58. The highest BCUT2D eigenvalue weighted by Crippen LogP contribution is 2.32. The minimum absolute atomic E-state index is 0.00329. The maximum absolute atomic E-state index is 13.2. The zero-order chi connectivity index (χ0) is 23.8. The highest BCUT2D eigenvalue weighted by Gasteiger charge is 2.30. The Morgan fingerprint density at radius 1 is 0.970 bits per heavy atom. The van der Waals surface area contributed by atoms with Gasteiger partial charge in [-0.05, 0) is 73.2 Å². The van der Waals surface area contributed by atoms with Gasteiger partial charge in [-0.3, -0.25) is 4.79 Å². The number of carbonyl (C=O) groups excluding carboxylic acids is 1. The molecular weight excluding hydrogens is 458 g/mol. The second-order valence-corrected chi connectivity index (χ2v) is 7.75. The normalized spacial score (nSPS) is 11.5. The van der Waals surface area contributed by atoms with Crippen molar-refractivity contribution in [1.82, 2.24) is 4.98 Å². The first-order valence-corrected chi connectivity index (χ1v) is 10.1. The largest absolute Gasteiger partial charge is 0.416 e. The Morgan fingerprint density at radius 3 is 2.48 bits per heavy atom. The monoisotopic (exact) mass is 473 g/mol. The van der Waals surface area contributed by atoms with Gasteiger partial charge in [0.1, 0.15) is 11.6 Å². The second-order valence-electron chi connectivity index (χ2n) is 7.34. The van der Waals surface area contributed by atoms with Crippen LogP contribution in [0, 0.1) is 12.7 Å². The topological polar surface area (TPSA) is 54.0 Å². The molecule has 1 amide bonds. The van der Waals surface area contributed by atoms with Crippen LogP contribution in [-0.2, 0) is 6.18 Å². The number of alkyl halides is 3. The van der Waals surface area contributed by atoms with E-state index in [-0.39, 0.29) is 16.3 Å². The summed E-state index contributed by atoms with van der Waals surface area (Å²) in [6.45, 7) is 1.82. The number of carbonyl (C=O) groups is 1. The molecule has 0 aliphatic heterocycles. The molecule has 0 saturated carbocycles. The van der Waals surface area contributed by atoms with E-state index in [0.717, 1.165) is 35.2 Å². The van der Waals surface area contributed by atoms with E-state index in [1.54, 1.807) is 24.3 Å². The highest BCUT2D eigenvalue weighted by molar-refractivity contribution is 6.34. The van der Waals surface area contributed by atoms with E-state index >= 15 is 0 Å². The molecule has 0 bridgehead atoms. The molecule has 33 heavy (non-hydrogen) atoms. The van der Waals surface area contributed by atoms with E-state index in [1.165, 1.54) is 18.2 Å². The van der Waals surface area contributed by atoms with Gasteiger partial charge in [0.2, 0.25) is 0 Å². The molecule has 9 heteroatoms. The maximum atomic E-state index is 13.2. The molecule has 4 nitrogen and oxygen atoms in total. The minimum atomic E-state index is -4.44. The molecule has 168 valence electrons. The van der Waals surface area contributed by atoms with Crippen molar-refractivity contribution in [2.45, 2.75) is 13.1 Å². The molecule has 0 aliphatic carbocycles. The smallest absolute Gasteiger partial charge is 0.340 e. The van der Waals surface area contributed by atoms with Crippen molar-refractivity contribution in [2.24, 2.45) is 0 Å². The standard InChI is InChI=1S/C24H16ClF4N3O/c1-13-9-22(30-16-4-2-3-14(10-16)24(27,28)29)32-21-8-6-17(12-19(13)21)31-23(33)18-7-5-15(26)11-20(18)25/h2-12H,1H3,(H,30,32)(H,31,33). The van der Waals surface area contributed by atoms with Crippen LogP contribution in [0.1, 0.15) is 21.5 Å². The first kappa shape index (κ1) is 22.5. The highest BCUT2D eigenvalue weighted by atomic mass is 35.5. The van der Waals surface area contributed by atoms with Crippen LogP contribution in [0.25, 0.3) is 10.9 Å². The van der Waals surface area contributed by atoms with Crippen molar-refractivity contribution in [3.05, 3.63) is 94.3 Å².